The fourth-order valence-corrected chi connectivity index (χ4v) is 5.36. The summed E-state index contributed by atoms with van der Waals surface area (Å²) in [6.45, 7) is -0.241. The van der Waals surface area contributed by atoms with Crippen LogP contribution in [0, 0.1) is 34.9 Å². The highest BCUT2D eigenvalue weighted by Gasteiger charge is 2.25. The molecule has 3 heteroatoms. The average molecular weight is 400 g/mol. The molecule has 1 nitrogen and oxygen atoms in total. The summed E-state index contributed by atoms with van der Waals surface area (Å²) in [4.78, 5) is 0. The third-order valence-corrected chi connectivity index (χ3v) is 7.29. The standard InChI is InChI=1S/C26H35F2N/c27-17-3-1-2-4-20-5-7-21(8-6-20)9-10-22-11-13-23(14-12-22)24-15-16-25(19-29)26(28)18-24/h1-2,15-16,18,20-23H,3-14,17H2/b2-1+. The first-order valence-electron chi connectivity index (χ1n) is 11.6. The third kappa shape index (κ3) is 6.66. The summed E-state index contributed by atoms with van der Waals surface area (Å²) < 4.78 is 26.0. The van der Waals surface area contributed by atoms with E-state index in [1.807, 2.05) is 18.2 Å². The van der Waals surface area contributed by atoms with E-state index in [9.17, 15) is 8.78 Å². The van der Waals surface area contributed by atoms with E-state index in [4.69, 9.17) is 5.26 Å². The van der Waals surface area contributed by atoms with Crippen molar-refractivity contribution in [2.45, 2.75) is 83.0 Å². The summed E-state index contributed by atoms with van der Waals surface area (Å²) in [5, 5.41) is 8.89. The van der Waals surface area contributed by atoms with E-state index in [1.165, 1.54) is 51.4 Å². The molecular weight excluding hydrogens is 364 g/mol. The Bertz CT molecular complexity index is 689. The molecule has 0 heterocycles. The maximum absolute atomic E-state index is 13.9. The van der Waals surface area contributed by atoms with Crippen molar-refractivity contribution in [1.82, 2.24) is 0 Å². The van der Waals surface area contributed by atoms with Gasteiger partial charge in [-0.3, -0.25) is 4.39 Å². The number of rotatable bonds is 8. The van der Waals surface area contributed by atoms with Crippen molar-refractivity contribution < 1.29 is 8.78 Å². The molecule has 29 heavy (non-hydrogen) atoms. The largest absolute Gasteiger partial charge is 0.251 e. The molecule has 0 radical (unpaired) electrons. The van der Waals surface area contributed by atoms with Crippen molar-refractivity contribution >= 4 is 0 Å². The molecule has 0 saturated heterocycles. The molecule has 2 saturated carbocycles. The van der Waals surface area contributed by atoms with Crippen molar-refractivity contribution in [3.63, 3.8) is 0 Å². The topological polar surface area (TPSA) is 23.8 Å². The van der Waals surface area contributed by atoms with Crippen molar-refractivity contribution in [3.8, 4) is 6.07 Å². The van der Waals surface area contributed by atoms with E-state index >= 15 is 0 Å². The van der Waals surface area contributed by atoms with Crippen LogP contribution >= 0.6 is 0 Å². The van der Waals surface area contributed by atoms with Crippen LogP contribution in [-0.4, -0.2) is 6.67 Å². The van der Waals surface area contributed by atoms with Gasteiger partial charge >= 0.3 is 0 Å². The summed E-state index contributed by atoms with van der Waals surface area (Å²) in [7, 11) is 0. The summed E-state index contributed by atoms with van der Waals surface area (Å²) in [5.74, 6) is 2.61. The number of halogens is 2. The maximum atomic E-state index is 13.9. The number of hydrogen-bond donors (Lipinski definition) is 0. The zero-order chi connectivity index (χ0) is 20.5. The second-order valence-electron chi connectivity index (χ2n) is 9.22. The van der Waals surface area contributed by atoms with Gasteiger partial charge in [0.15, 0.2) is 0 Å². The SMILES string of the molecule is N#Cc1ccc(C2CCC(CCC3CCC(C/C=C/CCF)CC3)CC2)cc1F. The van der Waals surface area contributed by atoms with E-state index < -0.39 is 0 Å². The Morgan fingerprint density at radius 3 is 2.10 bits per heavy atom. The Morgan fingerprint density at radius 1 is 0.897 bits per heavy atom. The normalized spacial score (nSPS) is 27.8. The van der Waals surface area contributed by atoms with E-state index in [1.54, 1.807) is 12.1 Å². The minimum Gasteiger partial charge on any atom is -0.251 e. The number of benzene rings is 1. The van der Waals surface area contributed by atoms with Gasteiger partial charge in [0.05, 0.1) is 12.2 Å². The average Bonchev–Trinajstić information content (AvgIpc) is 2.76. The lowest BCUT2D eigenvalue weighted by Crippen LogP contribution is -2.17. The number of hydrogen-bond acceptors (Lipinski definition) is 1. The van der Waals surface area contributed by atoms with Gasteiger partial charge in [-0.15, -0.1) is 0 Å². The molecule has 1 aromatic carbocycles. The van der Waals surface area contributed by atoms with Gasteiger partial charge in [-0.25, -0.2) is 4.39 Å². The predicted octanol–water partition coefficient (Wildman–Crippen LogP) is 7.86. The molecule has 158 valence electrons. The maximum Gasteiger partial charge on any atom is 0.141 e. The molecule has 0 amide bonds. The quantitative estimate of drug-likeness (QED) is 0.408. The van der Waals surface area contributed by atoms with Crippen molar-refractivity contribution in [2.24, 2.45) is 17.8 Å². The highest BCUT2D eigenvalue weighted by molar-refractivity contribution is 5.34. The van der Waals surface area contributed by atoms with Crippen LogP contribution in [0.4, 0.5) is 8.78 Å². The van der Waals surface area contributed by atoms with Crippen molar-refractivity contribution in [1.29, 1.82) is 5.26 Å². The first kappa shape index (κ1) is 22.0. The van der Waals surface area contributed by atoms with Crippen LogP contribution in [0.1, 0.15) is 94.1 Å². The van der Waals surface area contributed by atoms with Gasteiger partial charge < -0.3 is 0 Å². The molecule has 2 aliphatic rings. The monoisotopic (exact) mass is 399 g/mol. The van der Waals surface area contributed by atoms with Gasteiger partial charge in [-0.2, -0.15) is 5.26 Å². The Kier molecular flexibility index (Phi) is 8.71. The zero-order valence-electron chi connectivity index (χ0n) is 17.6. The lowest BCUT2D eigenvalue weighted by molar-refractivity contribution is 0.231. The van der Waals surface area contributed by atoms with Crippen LogP contribution in [0.15, 0.2) is 30.4 Å². The highest BCUT2D eigenvalue weighted by atomic mass is 19.1. The minimum atomic E-state index is -0.374. The van der Waals surface area contributed by atoms with Crippen molar-refractivity contribution in [3.05, 3.63) is 47.3 Å². The number of nitrogens with zero attached hydrogens (tertiary/aromatic N) is 1. The van der Waals surface area contributed by atoms with Gasteiger partial charge in [0.2, 0.25) is 0 Å². The van der Waals surface area contributed by atoms with Crippen LogP contribution in [0.3, 0.4) is 0 Å². The van der Waals surface area contributed by atoms with Crippen LogP contribution in [-0.2, 0) is 0 Å². The summed E-state index contributed by atoms with van der Waals surface area (Å²) in [5.41, 5.74) is 1.21. The fourth-order valence-electron chi connectivity index (χ4n) is 5.36. The Balaban J connectivity index is 1.34. The van der Waals surface area contributed by atoms with E-state index in [2.05, 4.69) is 6.08 Å². The fraction of sp³-hybridized carbons (Fsp3) is 0.654. The van der Waals surface area contributed by atoms with Gasteiger partial charge in [0, 0.05) is 0 Å². The molecule has 0 spiro atoms. The third-order valence-electron chi connectivity index (χ3n) is 7.29. The second-order valence-corrected chi connectivity index (χ2v) is 9.22. The number of alkyl halides is 1. The molecule has 0 atom stereocenters. The number of nitriles is 1. The summed E-state index contributed by atoms with van der Waals surface area (Å²) >= 11 is 0. The van der Waals surface area contributed by atoms with E-state index in [-0.39, 0.29) is 18.1 Å². The smallest absolute Gasteiger partial charge is 0.141 e. The molecule has 0 bridgehead atoms. The molecule has 1 aromatic rings. The summed E-state index contributed by atoms with van der Waals surface area (Å²) in [6.07, 6.45) is 18.8. The predicted molar refractivity (Wildman–Crippen MR) is 115 cm³/mol. The molecule has 0 aromatic heterocycles. The van der Waals surface area contributed by atoms with Gasteiger partial charge in [-0.05, 0) is 92.7 Å². The van der Waals surface area contributed by atoms with Crippen LogP contribution in [0.5, 0.6) is 0 Å². The van der Waals surface area contributed by atoms with Gasteiger partial charge in [0.25, 0.3) is 0 Å². The van der Waals surface area contributed by atoms with Gasteiger partial charge in [-0.1, -0.05) is 43.9 Å². The molecule has 2 fully saturated rings. The first-order chi connectivity index (χ1) is 14.2. The summed E-state index contributed by atoms with van der Waals surface area (Å²) in [6, 6.07) is 7.06. The highest BCUT2D eigenvalue weighted by Crippen LogP contribution is 2.40. The molecule has 3 rings (SSSR count). The van der Waals surface area contributed by atoms with Crippen LogP contribution in [0.25, 0.3) is 0 Å². The second kappa shape index (κ2) is 11.5. The lowest BCUT2D eigenvalue weighted by atomic mass is 9.74. The molecule has 2 aliphatic carbocycles. The van der Waals surface area contributed by atoms with E-state index in [0.717, 1.165) is 42.6 Å². The van der Waals surface area contributed by atoms with E-state index in [0.29, 0.717) is 12.3 Å². The van der Waals surface area contributed by atoms with Crippen LogP contribution < -0.4 is 0 Å². The lowest BCUT2D eigenvalue weighted by Gasteiger charge is -2.32. The Hall–Kier alpha value is -1.69. The van der Waals surface area contributed by atoms with Crippen molar-refractivity contribution in [2.75, 3.05) is 6.67 Å². The minimum absolute atomic E-state index is 0.146. The van der Waals surface area contributed by atoms with Crippen LogP contribution in [0.2, 0.25) is 0 Å². The zero-order valence-corrected chi connectivity index (χ0v) is 17.6. The molecule has 0 unspecified atom stereocenters. The number of allylic oxidation sites excluding steroid dienone is 2. The molecular formula is C26H35F2N. The first-order valence-corrected chi connectivity index (χ1v) is 11.6. The molecule has 0 aliphatic heterocycles. The van der Waals surface area contributed by atoms with Gasteiger partial charge in [0.1, 0.15) is 11.9 Å². The molecule has 0 N–H and O–H groups in total. The Morgan fingerprint density at radius 2 is 1.52 bits per heavy atom. The Labute approximate surface area is 175 Å².